The van der Waals surface area contributed by atoms with Gasteiger partial charge in [-0.1, -0.05) is 0 Å². The molecule has 0 fully saturated rings. The average molecular weight is 353 g/mol. The van der Waals surface area contributed by atoms with Crippen LogP contribution >= 0.6 is 0 Å². The molecule has 0 spiro atoms. The Kier molecular flexibility index (Phi) is 3.53. The Bertz CT molecular complexity index is 285. The molecule has 0 amide bonds. The molecule has 1 rings (SSSR count). The van der Waals surface area contributed by atoms with Crippen LogP contribution in [0.25, 0.3) is 0 Å². The van der Waals surface area contributed by atoms with Crippen molar-refractivity contribution in [2.75, 3.05) is 0 Å². The first-order valence-electron chi connectivity index (χ1n) is 3.69. The van der Waals surface area contributed by atoms with E-state index in [1.165, 1.54) is 0 Å². The van der Waals surface area contributed by atoms with Gasteiger partial charge in [0.25, 0.3) is 0 Å². The van der Waals surface area contributed by atoms with Crippen LogP contribution in [0.5, 0.6) is 5.75 Å². The van der Waals surface area contributed by atoms with Crippen molar-refractivity contribution in [1.29, 1.82) is 0 Å². The standard InChI is InChI=1S/C6H5O.C2H3O2.Hg/c7-6-4-2-1-3-5-6;1-2(3)4;/h1-4,7H;1H2,(H,3,4);. The van der Waals surface area contributed by atoms with Gasteiger partial charge in [0, 0.05) is 0 Å². The molecule has 3 nitrogen and oxygen atoms in total. The summed E-state index contributed by atoms with van der Waals surface area (Å²) in [6.07, 6.45) is 0. The van der Waals surface area contributed by atoms with Gasteiger partial charge in [0.2, 0.25) is 0 Å². The van der Waals surface area contributed by atoms with E-state index in [0.29, 0.717) is 0 Å². The molecule has 4 heteroatoms. The number of hydrogen-bond acceptors (Lipinski definition) is 2. The van der Waals surface area contributed by atoms with E-state index in [1.54, 1.807) is 12.1 Å². The van der Waals surface area contributed by atoms with Gasteiger partial charge >= 0.3 is 82.6 Å². The van der Waals surface area contributed by atoms with Crippen LogP contribution in [0.1, 0.15) is 0 Å². The number of phenolic OH excluding ortho intramolecular Hbond substituents is 1. The predicted molar refractivity (Wildman–Crippen MR) is 40.2 cm³/mol. The monoisotopic (exact) mass is 354 g/mol. The van der Waals surface area contributed by atoms with Crippen molar-refractivity contribution in [3.63, 3.8) is 0 Å². The van der Waals surface area contributed by atoms with E-state index in [-0.39, 0.29) is 9.68 Å². The molecule has 0 bridgehead atoms. The van der Waals surface area contributed by atoms with Gasteiger partial charge in [0.15, 0.2) is 0 Å². The fraction of sp³-hybridized carbons (Fsp3) is 0.125. The number of benzene rings is 1. The van der Waals surface area contributed by atoms with Crippen molar-refractivity contribution >= 4 is 9.04 Å². The molecular weight excluding hydrogens is 345 g/mol. The van der Waals surface area contributed by atoms with Crippen LogP contribution in [-0.4, -0.2) is 16.2 Å². The molecule has 0 aromatic heterocycles. The Morgan fingerprint density at radius 1 is 1.42 bits per heavy atom. The number of carboxylic acid groups (broad SMARTS) is 1. The van der Waals surface area contributed by atoms with Crippen molar-refractivity contribution in [2.24, 2.45) is 0 Å². The number of carbonyl (C=O) groups is 1. The summed E-state index contributed by atoms with van der Waals surface area (Å²) in [5.41, 5.74) is 0. The molecule has 0 unspecified atom stereocenters. The van der Waals surface area contributed by atoms with E-state index in [0.717, 1.165) is 3.07 Å². The molecule has 0 saturated heterocycles. The van der Waals surface area contributed by atoms with Crippen molar-refractivity contribution in [3.05, 3.63) is 24.3 Å². The second-order valence-corrected chi connectivity index (χ2v) is 9.37. The number of aromatic hydroxyl groups is 1. The summed E-state index contributed by atoms with van der Waals surface area (Å²) >= 11 is -1.57. The predicted octanol–water partition coefficient (Wildman–Crippen LogP) is 0.603. The van der Waals surface area contributed by atoms with Crippen LogP contribution in [-0.2, 0) is 29.4 Å². The molecule has 0 saturated carbocycles. The molecule has 12 heavy (non-hydrogen) atoms. The van der Waals surface area contributed by atoms with Gasteiger partial charge in [0.1, 0.15) is 0 Å². The third kappa shape index (κ3) is 2.81. The van der Waals surface area contributed by atoms with E-state index < -0.39 is 30.5 Å². The number of carboxylic acids is 1. The third-order valence-corrected chi connectivity index (χ3v) is 8.65. The maximum absolute atomic E-state index is 10.3. The van der Waals surface area contributed by atoms with Gasteiger partial charge in [0.05, 0.1) is 0 Å². The van der Waals surface area contributed by atoms with E-state index in [9.17, 15) is 9.90 Å². The Morgan fingerprint density at radius 2 is 2.08 bits per heavy atom. The second kappa shape index (κ2) is 4.45. The van der Waals surface area contributed by atoms with E-state index >= 15 is 0 Å². The average Bonchev–Trinajstić information content (AvgIpc) is 2.03. The first kappa shape index (κ1) is 9.51. The van der Waals surface area contributed by atoms with Crippen LogP contribution in [0.15, 0.2) is 24.3 Å². The van der Waals surface area contributed by atoms with Gasteiger partial charge < -0.3 is 0 Å². The van der Waals surface area contributed by atoms with Crippen LogP contribution in [0.3, 0.4) is 0 Å². The zero-order valence-electron chi connectivity index (χ0n) is 6.53. The fourth-order valence-corrected chi connectivity index (χ4v) is 5.47. The van der Waals surface area contributed by atoms with Crippen LogP contribution in [0, 0.1) is 0 Å². The van der Waals surface area contributed by atoms with Gasteiger partial charge in [-0.05, 0) is 0 Å². The van der Waals surface area contributed by atoms with Crippen molar-refractivity contribution in [3.8, 4) is 5.75 Å². The van der Waals surface area contributed by atoms with Crippen LogP contribution < -0.4 is 3.07 Å². The summed E-state index contributed by atoms with van der Waals surface area (Å²) in [7, 11) is 0. The van der Waals surface area contributed by atoms with E-state index in [1.807, 2.05) is 12.1 Å². The van der Waals surface area contributed by atoms with Crippen molar-refractivity contribution < 1.29 is 39.6 Å². The minimum absolute atomic E-state index is 0.264. The summed E-state index contributed by atoms with van der Waals surface area (Å²) in [5.74, 6) is -0.486. The zero-order chi connectivity index (χ0) is 8.97. The Balaban J connectivity index is 2.63. The van der Waals surface area contributed by atoms with E-state index in [4.69, 9.17) is 5.11 Å². The molecule has 1 aromatic carbocycles. The number of para-hydroxylation sites is 1. The second-order valence-electron chi connectivity index (χ2n) is 2.52. The fourth-order valence-electron chi connectivity index (χ4n) is 0.964. The summed E-state index contributed by atoms with van der Waals surface area (Å²) in [6.45, 7) is 0. The molecular formula is C8H8HgO3. The molecule has 60 valence electrons. The van der Waals surface area contributed by atoms with Gasteiger partial charge in [-0.15, -0.1) is 0 Å². The SMILES string of the molecule is O=C(O)[CH2][Hg][c]1ccccc1O. The normalized spacial score (nSPS) is 9.00. The van der Waals surface area contributed by atoms with E-state index in [2.05, 4.69) is 0 Å². The molecule has 2 N–H and O–H groups in total. The quantitative estimate of drug-likeness (QED) is 0.783. The summed E-state index contributed by atoms with van der Waals surface area (Å²) in [4.78, 5) is 10.3. The number of aliphatic carboxylic acids is 1. The number of rotatable bonds is 3. The first-order valence-corrected chi connectivity index (χ1v) is 10.3. The molecule has 0 aliphatic rings. The summed E-state index contributed by atoms with van der Waals surface area (Å²) in [5, 5.41) is 17.7. The molecule has 0 atom stereocenters. The molecule has 0 radical (unpaired) electrons. The molecule has 0 aliphatic heterocycles. The molecule has 1 aromatic rings. The van der Waals surface area contributed by atoms with Gasteiger partial charge in [-0.3, -0.25) is 0 Å². The maximum atomic E-state index is 10.3. The Labute approximate surface area is 82.5 Å². The Morgan fingerprint density at radius 3 is 2.67 bits per heavy atom. The first-order chi connectivity index (χ1) is 5.70. The topological polar surface area (TPSA) is 57.5 Å². The van der Waals surface area contributed by atoms with Crippen molar-refractivity contribution in [2.45, 2.75) is 3.93 Å². The number of phenols is 1. The van der Waals surface area contributed by atoms with Gasteiger partial charge in [-0.2, -0.15) is 0 Å². The zero-order valence-corrected chi connectivity index (χ0v) is 12.0. The molecule has 0 heterocycles. The molecule has 0 aliphatic carbocycles. The minimum atomic E-state index is -1.57. The summed E-state index contributed by atoms with van der Waals surface area (Å²) in [6, 6.07) is 7.00. The van der Waals surface area contributed by atoms with Crippen molar-refractivity contribution in [1.82, 2.24) is 0 Å². The van der Waals surface area contributed by atoms with Crippen LogP contribution in [0.2, 0.25) is 3.93 Å². The third-order valence-electron chi connectivity index (χ3n) is 1.60. The van der Waals surface area contributed by atoms with Crippen LogP contribution in [0.4, 0.5) is 0 Å². The summed E-state index contributed by atoms with van der Waals surface area (Å²) < 4.78 is 1.18. The van der Waals surface area contributed by atoms with Gasteiger partial charge in [-0.25, -0.2) is 0 Å². The number of hydrogen-bond donors (Lipinski definition) is 2. The Hall–Kier alpha value is -0.575.